The molecule has 0 aromatic carbocycles. The van der Waals surface area contributed by atoms with E-state index in [0.717, 1.165) is 25.0 Å². The normalized spacial score (nSPS) is 26.2. The van der Waals surface area contributed by atoms with Gasteiger partial charge >= 0.3 is 0 Å². The molecule has 0 aromatic rings. The molecule has 1 rings (SSSR count). The maximum absolute atomic E-state index is 5.69. The van der Waals surface area contributed by atoms with Gasteiger partial charge in [-0.25, -0.2) is 0 Å². The van der Waals surface area contributed by atoms with Crippen molar-refractivity contribution in [3.63, 3.8) is 0 Å². The Bertz CT molecular complexity index is 221. The fraction of sp³-hybridized carbons (Fsp3) is 1.00. The van der Waals surface area contributed by atoms with Crippen LogP contribution in [-0.2, 0) is 4.74 Å². The Morgan fingerprint density at radius 2 is 2.06 bits per heavy atom. The molecule has 0 aliphatic carbocycles. The van der Waals surface area contributed by atoms with Crippen LogP contribution in [0.25, 0.3) is 0 Å². The molecule has 2 N–H and O–H groups in total. The second-order valence-corrected chi connectivity index (χ2v) is 6.14. The Morgan fingerprint density at radius 1 is 1.33 bits per heavy atom. The van der Waals surface area contributed by atoms with E-state index in [4.69, 9.17) is 10.5 Å². The molecule has 1 saturated heterocycles. The maximum Gasteiger partial charge on any atom is 0.0702 e. The molecule has 0 amide bonds. The first kappa shape index (κ1) is 15.9. The third kappa shape index (κ3) is 4.87. The molecular weight excluding hydrogens is 224 g/mol. The van der Waals surface area contributed by atoms with Crippen molar-refractivity contribution < 1.29 is 4.74 Å². The molecule has 0 aromatic heterocycles. The van der Waals surface area contributed by atoms with E-state index in [1.165, 1.54) is 32.2 Å². The minimum absolute atomic E-state index is 0.403. The van der Waals surface area contributed by atoms with Crippen molar-refractivity contribution in [1.29, 1.82) is 0 Å². The highest BCUT2D eigenvalue weighted by Crippen LogP contribution is 2.22. The van der Waals surface area contributed by atoms with E-state index in [2.05, 4.69) is 32.7 Å². The molecule has 0 spiro atoms. The summed E-state index contributed by atoms with van der Waals surface area (Å²) < 4.78 is 5.63. The first-order valence-electron chi connectivity index (χ1n) is 7.58. The molecular formula is C15H32N2O. The molecule has 3 heteroatoms. The lowest BCUT2D eigenvalue weighted by molar-refractivity contribution is 0.0824. The van der Waals surface area contributed by atoms with Gasteiger partial charge in [-0.15, -0.1) is 0 Å². The molecule has 3 atom stereocenters. The van der Waals surface area contributed by atoms with Gasteiger partial charge in [-0.2, -0.15) is 0 Å². The van der Waals surface area contributed by atoms with Crippen LogP contribution >= 0.6 is 0 Å². The van der Waals surface area contributed by atoms with Gasteiger partial charge < -0.3 is 15.4 Å². The molecule has 3 nitrogen and oxygen atoms in total. The Balaban J connectivity index is 2.23. The molecule has 3 unspecified atom stereocenters. The summed E-state index contributed by atoms with van der Waals surface area (Å²) in [6, 6.07) is 0.622. The van der Waals surface area contributed by atoms with E-state index in [9.17, 15) is 0 Å². The largest absolute Gasteiger partial charge is 0.377 e. The van der Waals surface area contributed by atoms with E-state index >= 15 is 0 Å². The Morgan fingerprint density at radius 3 is 2.56 bits per heavy atom. The second-order valence-electron chi connectivity index (χ2n) is 6.14. The standard InChI is InChI=1S/C15H32N2O/c1-12(2)14(7-9-16)6-5-10-17(4)15-8-11-18-13(15)3/h12-15H,5-11,16H2,1-4H3. The van der Waals surface area contributed by atoms with Crippen molar-refractivity contribution in [3.05, 3.63) is 0 Å². The topological polar surface area (TPSA) is 38.5 Å². The predicted octanol–water partition coefficient (Wildman–Crippen LogP) is 2.50. The lowest BCUT2D eigenvalue weighted by atomic mass is 9.88. The van der Waals surface area contributed by atoms with E-state index < -0.39 is 0 Å². The smallest absolute Gasteiger partial charge is 0.0702 e. The van der Waals surface area contributed by atoms with E-state index in [1.807, 2.05) is 0 Å². The third-order valence-electron chi connectivity index (χ3n) is 4.47. The first-order valence-corrected chi connectivity index (χ1v) is 7.58. The van der Waals surface area contributed by atoms with Crippen LogP contribution in [0.4, 0.5) is 0 Å². The fourth-order valence-electron chi connectivity index (χ4n) is 3.09. The van der Waals surface area contributed by atoms with Crippen LogP contribution in [0, 0.1) is 11.8 Å². The van der Waals surface area contributed by atoms with Crippen molar-refractivity contribution in [3.8, 4) is 0 Å². The van der Waals surface area contributed by atoms with Gasteiger partial charge in [0.15, 0.2) is 0 Å². The summed E-state index contributed by atoms with van der Waals surface area (Å²) in [5, 5.41) is 0. The summed E-state index contributed by atoms with van der Waals surface area (Å²) in [5.74, 6) is 1.55. The molecule has 18 heavy (non-hydrogen) atoms. The average Bonchev–Trinajstić information content (AvgIpc) is 2.74. The molecule has 108 valence electrons. The van der Waals surface area contributed by atoms with Crippen LogP contribution < -0.4 is 5.73 Å². The van der Waals surface area contributed by atoms with Crippen LogP contribution in [0.3, 0.4) is 0 Å². The number of hydrogen-bond acceptors (Lipinski definition) is 3. The van der Waals surface area contributed by atoms with E-state index in [0.29, 0.717) is 12.1 Å². The number of likely N-dealkylation sites (N-methyl/N-ethyl adjacent to an activating group) is 1. The van der Waals surface area contributed by atoms with Crippen LogP contribution in [0.1, 0.15) is 46.5 Å². The summed E-state index contributed by atoms with van der Waals surface area (Å²) in [5.41, 5.74) is 5.69. The average molecular weight is 256 g/mol. The van der Waals surface area contributed by atoms with Crippen LogP contribution in [0.5, 0.6) is 0 Å². The summed E-state index contributed by atoms with van der Waals surface area (Å²) in [6.45, 7) is 9.77. The summed E-state index contributed by atoms with van der Waals surface area (Å²) in [4.78, 5) is 2.48. The summed E-state index contributed by atoms with van der Waals surface area (Å²) >= 11 is 0. The Labute approximate surface area is 113 Å². The number of nitrogens with zero attached hydrogens (tertiary/aromatic N) is 1. The van der Waals surface area contributed by atoms with Gasteiger partial charge in [0, 0.05) is 12.6 Å². The molecule has 0 radical (unpaired) electrons. The number of ether oxygens (including phenoxy) is 1. The van der Waals surface area contributed by atoms with Crippen molar-refractivity contribution >= 4 is 0 Å². The molecule has 1 aliphatic heterocycles. The van der Waals surface area contributed by atoms with Gasteiger partial charge in [-0.05, 0) is 64.6 Å². The zero-order valence-electron chi connectivity index (χ0n) is 12.7. The quantitative estimate of drug-likeness (QED) is 0.725. The number of nitrogens with two attached hydrogens (primary N) is 1. The summed E-state index contributed by atoms with van der Waals surface area (Å²) in [6.07, 6.45) is 5.35. The van der Waals surface area contributed by atoms with Gasteiger partial charge in [0.05, 0.1) is 6.10 Å². The highest BCUT2D eigenvalue weighted by Gasteiger charge is 2.27. The minimum Gasteiger partial charge on any atom is -0.377 e. The highest BCUT2D eigenvalue weighted by molar-refractivity contribution is 4.80. The van der Waals surface area contributed by atoms with E-state index in [-0.39, 0.29) is 0 Å². The highest BCUT2D eigenvalue weighted by atomic mass is 16.5. The Kier molecular flexibility index (Phi) is 7.20. The molecule has 1 aliphatic rings. The maximum atomic E-state index is 5.69. The second kappa shape index (κ2) is 8.13. The molecule has 1 fully saturated rings. The van der Waals surface area contributed by atoms with Gasteiger partial charge in [0.25, 0.3) is 0 Å². The predicted molar refractivity (Wildman–Crippen MR) is 77.7 cm³/mol. The van der Waals surface area contributed by atoms with E-state index in [1.54, 1.807) is 0 Å². The molecule has 0 saturated carbocycles. The van der Waals surface area contributed by atoms with Crippen LogP contribution in [0.2, 0.25) is 0 Å². The van der Waals surface area contributed by atoms with Gasteiger partial charge in [-0.1, -0.05) is 13.8 Å². The Hall–Kier alpha value is -0.120. The van der Waals surface area contributed by atoms with Gasteiger partial charge in [0.2, 0.25) is 0 Å². The SMILES string of the molecule is CC(C)C(CCN)CCCN(C)C1CCOC1C. The van der Waals surface area contributed by atoms with Gasteiger partial charge in [0.1, 0.15) is 0 Å². The first-order chi connectivity index (χ1) is 8.56. The molecule has 1 heterocycles. The monoisotopic (exact) mass is 256 g/mol. The summed E-state index contributed by atoms with van der Waals surface area (Å²) in [7, 11) is 2.24. The van der Waals surface area contributed by atoms with Crippen molar-refractivity contribution in [1.82, 2.24) is 4.90 Å². The number of hydrogen-bond donors (Lipinski definition) is 1. The lowest BCUT2D eigenvalue weighted by Crippen LogP contribution is -2.37. The zero-order valence-corrected chi connectivity index (χ0v) is 12.7. The van der Waals surface area contributed by atoms with Gasteiger partial charge in [-0.3, -0.25) is 0 Å². The fourth-order valence-corrected chi connectivity index (χ4v) is 3.09. The van der Waals surface area contributed by atoms with Crippen molar-refractivity contribution in [2.75, 3.05) is 26.7 Å². The lowest BCUT2D eigenvalue weighted by Gasteiger charge is -2.28. The van der Waals surface area contributed by atoms with Crippen molar-refractivity contribution in [2.45, 2.75) is 58.6 Å². The molecule has 0 bridgehead atoms. The minimum atomic E-state index is 0.403. The van der Waals surface area contributed by atoms with Crippen LogP contribution in [0.15, 0.2) is 0 Å². The number of rotatable bonds is 8. The zero-order chi connectivity index (χ0) is 13.5. The van der Waals surface area contributed by atoms with Crippen LogP contribution in [-0.4, -0.2) is 43.8 Å². The third-order valence-corrected chi connectivity index (χ3v) is 4.47. The van der Waals surface area contributed by atoms with Crippen molar-refractivity contribution in [2.24, 2.45) is 17.6 Å².